The Hall–Kier alpha value is -0.570. The van der Waals surface area contributed by atoms with Crippen molar-refractivity contribution in [2.75, 3.05) is 13.1 Å². The largest absolute Gasteiger partial charge is 0.338 e. The van der Waals surface area contributed by atoms with Crippen molar-refractivity contribution in [1.82, 2.24) is 10.2 Å². The zero-order chi connectivity index (χ0) is 10.0. The third-order valence-electron chi connectivity index (χ3n) is 2.66. The van der Waals surface area contributed by atoms with Crippen molar-refractivity contribution in [1.29, 1.82) is 0 Å². The molecule has 0 aliphatic carbocycles. The second-order valence-corrected chi connectivity index (χ2v) is 4.37. The van der Waals surface area contributed by atoms with Gasteiger partial charge in [0, 0.05) is 18.6 Å². The fraction of sp³-hybridized carbons (Fsp3) is 0.900. The first-order chi connectivity index (χ1) is 6.02. The van der Waals surface area contributed by atoms with Gasteiger partial charge in [0.2, 0.25) is 5.91 Å². The van der Waals surface area contributed by atoms with Crippen molar-refractivity contribution in [3.63, 3.8) is 0 Å². The van der Waals surface area contributed by atoms with E-state index in [1.54, 1.807) is 0 Å². The first-order valence-electron chi connectivity index (χ1n) is 5.05. The van der Waals surface area contributed by atoms with E-state index in [0.717, 1.165) is 6.54 Å². The van der Waals surface area contributed by atoms with Gasteiger partial charge < -0.3 is 10.2 Å². The van der Waals surface area contributed by atoms with Crippen LogP contribution in [0.15, 0.2) is 0 Å². The lowest BCUT2D eigenvalue weighted by atomic mass is 10.0. The molecule has 1 fully saturated rings. The summed E-state index contributed by atoms with van der Waals surface area (Å²) < 4.78 is 0. The molecule has 0 saturated carbocycles. The molecule has 1 heterocycles. The number of nitrogens with zero attached hydrogens (tertiary/aromatic N) is 1. The number of amides is 1. The molecule has 0 radical (unpaired) electrons. The summed E-state index contributed by atoms with van der Waals surface area (Å²) >= 11 is 0. The van der Waals surface area contributed by atoms with E-state index in [1.807, 2.05) is 4.90 Å². The van der Waals surface area contributed by atoms with Gasteiger partial charge in [-0.25, -0.2) is 0 Å². The molecule has 3 nitrogen and oxygen atoms in total. The van der Waals surface area contributed by atoms with Gasteiger partial charge in [-0.3, -0.25) is 4.79 Å². The summed E-state index contributed by atoms with van der Waals surface area (Å²) in [5.41, 5.74) is 0. The molecule has 1 unspecified atom stereocenters. The summed E-state index contributed by atoms with van der Waals surface area (Å²) in [5.74, 6) is 0.821. The van der Waals surface area contributed by atoms with Gasteiger partial charge in [-0.05, 0) is 19.8 Å². The molecule has 1 atom stereocenters. The van der Waals surface area contributed by atoms with Crippen LogP contribution in [0, 0.1) is 5.92 Å². The first kappa shape index (κ1) is 10.5. The zero-order valence-electron chi connectivity index (χ0n) is 9.00. The normalized spacial score (nSPS) is 24.6. The Morgan fingerprint density at radius 3 is 2.46 bits per heavy atom. The van der Waals surface area contributed by atoms with Crippen LogP contribution in [-0.2, 0) is 4.79 Å². The van der Waals surface area contributed by atoms with Crippen LogP contribution in [0.4, 0.5) is 0 Å². The average molecular weight is 184 g/mol. The molecule has 76 valence electrons. The highest BCUT2D eigenvalue weighted by atomic mass is 16.2. The maximum Gasteiger partial charge on any atom is 0.236 e. The van der Waals surface area contributed by atoms with Gasteiger partial charge in [-0.1, -0.05) is 13.8 Å². The van der Waals surface area contributed by atoms with Crippen LogP contribution in [0.2, 0.25) is 0 Å². The maximum absolute atomic E-state index is 11.5. The Labute approximate surface area is 80.5 Å². The number of carbonyl (C=O) groups is 1. The monoisotopic (exact) mass is 184 g/mol. The molecule has 0 aromatic carbocycles. The standard InChI is InChI=1S/C10H20N2O/c1-7(2)9-6-12(8(3)4)10(13)5-11-9/h7-9,11H,5-6H2,1-4H3. The van der Waals surface area contributed by atoms with E-state index in [4.69, 9.17) is 0 Å². The highest BCUT2D eigenvalue weighted by Crippen LogP contribution is 2.11. The van der Waals surface area contributed by atoms with Crippen molar-refractivity contribution in [2.24, 2.45) is 5.92 Å². The number of hydrogen-bond donors (Lipinski definition) is 1. The molecule has 1 aliphatic heterocycles. The first-order valence-corrected chi connectivity index (χ1v) is 5.05. The van der Waals surface area contributed by atoms with Crippen LogP contribution in [-0.4, -0.2) is 36.0 Å². The Balaban J connectivity index is 2.58. The summed E-state index contributed by atoms with van der Waals surface area (Å²) in [6.45, 7) is 9.87. The predicted molar refractivity (Wildman–Crippen MR) is 53.5 cm³/mol. The van der Waals surface area contributed by atoms with Gasteiger partial charge in [-0.15, -0.1) is 0 Å². The van der Waals surface area contributed by atoms with Gasteiger partial charge >= 0.3 is 0 Å². The number of rotatable bonds is 2. The Bertz CT molecular complexity index is 189. The summed E-state index contributed by atoms with van der Waals surface area (Å²) in [4.78, 5) is 13.4. The molecule has 0 spiro atoms. The number of nitrogens with one attached hydrogen (secondary N) is 1. The summed E-state index contributed by atoms with van der Waals surface area (Å²) in [6, 6.07) is 0.788. The minimum atomic E-state index is 0.229. The third kappa shape index (κ3) is 2.44. The summed E-state index contributed by atoms with van der Waals surface area (Å²) in [6.07, 6.45) is 0. The quantitative estimate of drug-likeness (QED) is 0.690. The van der Waals surface area contributed by atoms with Crippen LogP contribution in [0.3, 0.4) is 0 Å². The fourth-order valence-electron chi connectivity index (χ4n) is 1.64. The molecule has 3 heteroatoms. The van der Waals surface area contributed by atoms with Crippen LogP contribution >= 0.6 is 0 Å². The lowest BCUT2D eigenvalue weighted by Crippen LogP contribution is -2.57. The molecular weight excluding hydrogens is 164 g/mol. The van der Waals surface area contributed by atoms with Crippen LogP contribution in [0.1, 0.15) is 27.7 Å². The van der Waals surface area contributed by atoms with E-state index >= 15 is 0 Å². The molecule has 0 aromatic rings. The number of hydrogen-bond acceptors (Lipinski definition) is 2. The van der Waals surface area contributed by atoms with Gasteiger partial charge in [0.1, 0.15) is 0 Å². The second-order valence-electron chi connectivity index (χ2n) is 4.37. The van der Waals surface area contributed by atoms with E-state index in [1.165, 1.54) is 0 Å². The predicted octanol–water partition coefficient (Wildman–Crippen LogP) is 0.851. The molecule has 13 heavy (non-hydrogen) atoms. The summed E-state index contributed by atoms with van der Waals surface area (Å²) in [5, 5.41) is 3.26. The third-order valence-corrected chi connectivity index (χ3v) is 2.66. The highest BCUT2D eigenvalue weighted by molar-refractivity contribution is 5.79. The SMILES string of the molecule is CC(C)C1CN(C(C)C)C(=O)CN1. The second kappa shape index (κ2) is 4.09. The van der Waals surface area contributed by atoms with Crippen LogP contribution < -0.4 is 5.32 Å². The minimum Gasteiger partial charge on any atom is -0.338 e. The highest BCUT2D eigenvalue weighted by Gasteiger charge is 2.27. The fourth-order valence-corrected chi connectivity index (χ4v) is 1.64. The molecule has 1 amide bonds. The molecule has 1 rings (SSSR count). The number of carbonyl (C=O) groups excluding carboxylic acids is 1. The zero-order valence-corrected chi connectivity index (χ0v) is 9.00. The van der Waals surface area contributed by atoms with Crippen molar-refractivity contribution in [3.8, 4) is 0 Å². The van der Waals surface area contributed by atoms with Crippen molar-refractivity contribution >= 4 is 5.91 Å². The molecule has 0 aromatic heterocycles. The van der Waals surface area contributed by atoms with Gasteiger partial charge in [-0.2, -0.15) is 0 Å². The van der Waals surface area contributed by atoms with E-state index in [0.29, 0.717) is 24.5 Å². The Kier molecular flexibility index (Phi) is 3.31. The van der Waals surface area contributed by atoms with Crippen LogP contribution in [0.5, 0.6) is 0 Å². The molecule has 1 aliphatic rings. The molecule has 1 N–H and O–H groups in total. The smallest absolute Gasteiger partial charge is 0.236 e. The van der Waals surface area contributed by atoms with Gasteiger partial charge in [0.05, 0.1) is 6.54 Å². The molecule has 0 bridgehead atoms. The molecule has 1 saturated heterocycles. The van der Waals surface area contributed by atoms with E-state index in [2.05, 4.69) is 33.0 Å². The summed E-state index contributed by atoms with van der Waals surface area (Å²) in [7, 11) is 0. The van der Waals surface area contributed by atoms with Crippen molar-refractivity contribution < 1.29 is 4.79 Å². The lowest BCUT2D eigenvalue weighted by Gasteiger charge is -2.37. The van der Waals surface area contributed by atoms with E-state index in [-0.39, 0.29) is 5.91 Å². The van der Waals surface area contributed by atoms with Crippen LogP contribution in [0.25, 0.3) is 0 Å². The average Bonchev–Trinajstić information content (AvgIpc) is 2.04. The topological polar surface area (TPSA) is 32.3 Å². The van der Waals surface area contributed by atoms with Crippen molar-refractivity contribution in [2.45, 2.75) is 39.8 Å². The van der Waals surface area contributed by atoms with E-state index in [9.17, 15) is 4.79 Å². The Morgan fingerprint density at radius 2 is 2.00 bits per heavy atom. The lowest BCUT2D eigenvalue weighted by molar-refractivity contribution is -0.135. The number of piperazine rings is 1. The maximum atomic E-state index is 11.5. The van der Waals surface area contributed by atoms with Crippen molar-refractivity contribution in [3.05, 3.63) is 0 Å². The van der Waals surface area contributed by atoms with Gasteiger partial charge in [0.15, 0.2) is 0 Å². The Morgan fingerprint density at radius 1 is 1.38 bits per heavy atom. The van der Waals surface area contributed by atoms with Gasteiger partial charge in [0.25, 0.3) is 0 Å². The van der Waals surface area contributed by atoms with E-state index < -0.39 is 0 Å². The molecular formula is C10H20N2O. The minimum absolute atomic E-state index is 0.229.